The van der Waals surface area contributed by atoms with Gasteiger partial charge in [-0.3, -0.25) is 9.69 Å². The molecule has 1 rings (SSSR count). The molecule has 1 heterocycles. The van der Waals surface area contributed by atoms with Crippen molar-refractivity contribution in [3.8, 4) is 0 Å². The number of hydrogen-bond acceptors (Lipinski definition) is 3. The molecule has 2 atom stereocenters. The number of nitrogens with zero attached hydrogens (tertiary/aromatic N) is 2. The summed E-state index contributed by atoms with van der Waals surface area (Å²) in [7, 11) is 0. The van der Waals surface area contributed by atoms with E-state index in [1.807, 2.05) is 34.6 Å². The zero-order valence-electron chi connectivity index (χ0n) is 12.2. The van der Waals surface area contributed by atoms with Crippen LogP contribution >= 0.6 is 0 Å². The number of carbonyl (C=O) groups excluding carboxylic acids is 2. The van der Waals surface area contributed by atoms with Crippen LogP contribution in [-0.4, -0.2) is 52.6 Å². The van der Waals surface area contributed by atoms with Crippen LogP contribution in [0.5, 0.6) is 0 Å². The molecule has 0 unspecified atom stereocenters. The van der Waals surface area contributed by atoms with Gasteiger partial charge in [0.1, 0.15) is 5.60 Å². The summed E-state index contributed by atoms with van der Waals surface area (Å²) in [6.45, 7) is 12.1. The average molecular weight is 256 g/mol. The lowest BCUT2D eigenvalue weighted by Crippen LogP contribution is -2.60. The second-order valence-corrected chi connectivity index (χ2v) is 6.01. The molecule has 0 aromatic rings. The van der Waals surface area contributed by atoms with Gasteiger partial charge in [0, 0.05) is 20.0 Å². The highest BCUT2D eigenvalue weighted by Crippen LogP contribution is 2.19. The first-order chi connectivity index (χ1) is 8.11. The lowest BCUT2D eigenvalue weighted by atomic mass is 10.1. The SMILES string of the molecule is CC(=O)N1C[C@@H](C)N(C(=O)OC(C)(C)C)[C@@H](C)C1. The number of piperazine rings is 1. The topological polar surface area (TPSA) is 49.9 Å². The molecule has 0 spiro atoms. The van der Waals surface area contributed by atoms with Gasteiger partial charge in [0.15, 0.2) is 0 Å². The standard InChI is InChI=1S/C13H24N2O3/c1-9-7-14(11(3)16)8-10(2)15(9)12(17)18-13(4,5)6/h9-10H,7-8H2,1-6H3/t9-,10+. The van der Waals surface area contributed by atoms with E-state index < -0.39 is 5.60 Å². The molecule has 0 bridgehead atoms. The molecule has 5 nitrogen and oxygen atoms in total. The van der Waals surface area contributed by atoms with Crippen molar-refractivity contribution in [2.75, 3.05) is 13.1 Å². The highest BCUT2D eigenvalue weighted by Gasteiger charge is 2.36. The van der Waals surface area contributed by atoms with Crippen LogP contribution in [0.4, 0.5) is 4.79 Å². The van der Waals surface area contributed by atoms with Crippen LogP contribution in [0.15, 0.2) is 0 Å². The third-order valence-electron chi connectivity index (χ3n) is 2.97. The summed E-state index contributed by atoms with van der Waals surface area (Å²) in [4.78, 5) is 27.0. The van der Waals surface area contributed by atoms with Crippen molar-refractivity contribution in [1.82, 2.24) is 9.80 Å². The van der Waals surface area contributed by atoms with E-state index in [0.717, 1.165) is 0 Å². The molecule has 5 heteroatoms. The van der Waals surface area contributed by atoms with E-state index in [0.29, 0.717) is 13.1 Å². The first-order valence-corrected chi connectivity index (χ1v) is 6.38. The second kappa shape index (κ2) is 5.16. The van der Waals surface area contributed by atoms with E-state index in [1.165, 1.54) is 0 Å². The van der Waals surface area contributed by atoms with Crippen molar-refractivity contribution in [2.24, 2.45) is 0 Å². The third-order valence-corrected chi connectivity index (χ3v) is 2.97. The number of rotatable bonds is 0. The van der Waals surface area contributed by atoms with Crippen molar-refractivity contribution in [3.63, 3.8) is 0 Å². The Morgan fingerprint density at radius 3 is 1.89 bits per heavy atom. The smallest absolute Gasteiger partial charge is 0.410 e. The zero-order chi connectivity index (χ0) is 14.1. The van der Waals surface area contributed by atoms with Crippen LogP contribution in [0, 0.1) is 0 Å². The van der Waals surface area contributed by atoms with Gasteiger partial charge in [-0.05, 0) is 34.6 Å². The Bertz CT molecular complexity index is 324. The normalized spacial score (nSPS) is 25.0. The van der Waals surface area contributed by atoms with Crippen molar-refractivity contribution < 1.29 is 14.3 Å². The van der Waals surface area contributed by atoms with Gasteiger partial charge < -0.3 is 9.64 Å². The van der Waals surface area contributed by atoms with Crippen LogP contribution in [0.1, 0.15) is 41.5 Å². The van der Waals surface area contributed by atoms with Crippen molar-refractivity contribution in [2.45, 2.75) is 59.2 Å². The average Bonchev–Trinajstić information content (AvgIpc) is 2.12. The Kier molecular flexibility index (Phi) is 4.24. The summed E-state index contributed by atoms with van der Waals surface area (Å²) < 4.78 is 5.40. The molecule has 1 fully saturated rings. The molecule has 0 aliphatic carbocycles. The first kappa shape index (κ1) is 14.8. The largest absolute Gasteiger partial charge is 0.444 e. The molecule has 104 valence electrons. The molecule has 1 aliphatic rings. The molecule has 1 saturated heterocycles. The Morgan fingerprint density at radius 2 is 1.56 bits per heavy atom. The van der Waals surface area contributed by atoms with Crippen LogP contribution in [0.2, 0.25) is 0 Å². The van der Waals surface area contributed by atoms with Crippen LogP contribution in [0.25, 0.3) is 0 Å². The van der Waals surface area contributed by atoms with Crippen LogP contribution < -0.4 is 0 Å². The number of amides is 2. The predicted molar refractivity (Wildman–Crippen MR) is 69.3 cm³/mol. The minimum absolute atomic E-state index is 0.0208. The fourth-order valence-electron chi connectivity index (χ4n) is 2.25. The van der Waals surface area contributed by atoms with E-state index in [1.54, 1.807) is 16.7 Å². The van der Waals surface area contributed by atoms with E-state index in [-0.39, 0.29) is 24.1 Å². The Hall–Kier alpha value is -1.26. The minimum atomic E-state index is -0.492. The molecule has 2 amide bonds. The molecule has 0 aromatic heterocycles. The van der Waals surface area contributed by atoms with Gasteiger partial charge in [0.05, 0.1) is 12.1 Å². The van der Waals surface area contributed by atoms with Crippen LogP contribution in [-0.2, 0) is 9.53 Å². The second-order valence-electron chi connectivity index (χ2n) is 6.01. The van der Waals surface area contributed by atoms with Gasteiger partial charge in [0.2, 0.25) is 5.91 Å². The summed E-state index contributed by atoms with van der Waals surface area (Å²) in [5.74, 6) is 0.0533. The molecule has 0 saturated carbocycles. The van der Waals surface area contributed by atoms with Gasteiger partial charge in [-0.15, -0.1) is 0 Å². The lowest BCUT2D eigenvalue weighted by Gasteiger charge is -2.44. The molecule has 0 N–H and O–H groups in total. The Labute approximate surface area is 109 Å². The number of hydrogen-bond donors (Lipinski definition) is 0. The molecular formula is C13H24N2O3. The fraction of sp³-hybridized carbons (Fsp3) is 0.846. The van der Waals surface area contributed by atoms with Gasteiger partial charge in [-0.25, -0.2) is 4.79 Å². The lowest BCUT2D eigenvalue weighted by molar-refractivity contribution is -0.133. The van der Waals surface area contributed by atoms with E-state index >= 15 is 0 Å². The fourth-order valence-corrected chi connectivity index (χ4v) is 2.25. The monoisotopic (exact) mass is 256 g/mol. The Balaban J connectivity index is 2.73. The van der Waals surface area contributed by atoms with E-state index in [2.05, 4.69) is 0 Å². The van der Waals surface area contributed by atoms with Crippen molar-refractivity contribution >= 4 is 12.0 Å². The number of ether oxygens (including phenoxy) is 1. The number of carbonyl (C=O) groups is 2. The molecule has 0 radical (unpaired) electrons. The Morgan fingerprint density at radius 1 is 1.11 bits per heavy atom. The molecular weight excluding hydrogens is 232 g/mol. The quantitative estimate of drug-likeness (QED) is 0.664. The predicted octanol–water partition coefficient (Wildman–Crippen LogP) is 1.86. The van der Waals surface area contributed by atoms with Gasteiger partial charge in [-0.1, -0.05) is 0 Å². The summed E-state index contributed by atoms with van der Waals surface area (Å²) in [5.41, 5.74) is -0.492. The van der Waals surface area contributed by atoms with Crippen LogP contribution in [0.3, 0.4) is 0 Å². The van der Waals surface area contributed by atoms with Crippen molar-refractivity contribution in [3.05, 3.63) is 0 Å². The maximum atomic E-state index is 12.1. The summed E-state index contributed by atoms with van der Waals surface area (Å²) in [5, 5.41) is 0. The van der Waals surface area contributed by atoms with E-state index in [4.69, 9.17) is 4.74 Å². The highest BCUT2D eigenvalue weighted by molar-refractivity contribution is 5.74. The first-order valence-electron chi connectivity index (χ1n) is 6.38. The zero-order valence-corrected chi connectivity index (χ0v) is 12.2. The molecule has 18 heavy (non-hydrogen) atoms. The summed E-state index contributed by atoms with van der Waals surface area (Å²) in [6.07, 6.45) is -0.300. The van der Waals surface area contributed by atoms with Crippen molar-refractivity contribution in [1.29, 1.82) is 0 Å². The summed E-state index contributed by atoms with van der Waals surface area (Å²) in [6, 6.07) is -0.0417. The minimum Gasteiger partial charge on any atom is -0.444 e. The highest BCUT2D eigenvalue weighted by atomic mass is 16.6. The maximum Gasteiger partial charge on any atom is 0.410 e. The maximum absolute atomic E-state index is 12.1. The third kappa shape index (κ3) is 3.62. The molecule has 1 aliphatic heterocycles. The summed E-state index contributed by atoms with van der Waals surface area (Å²) >= 11 is 0. The van der Waals surface area contributed by atoms with Gasteiger partial charge in [0.25, 0.3) is 0 Å². The van der Waals surface area contributed by atoms with E-state index in [9.17, 15) is 9.59 Å². The molecule has 0 aromatic carbocycles. The van der Waals surface area contributed by atoms with Gasteiger partial charge >= 0.3 is 6.09 Å². The van der Waals surface area contributed by atoms with Gasteiger partial charge in [-0.2, -0.15) is 0 Å².